The summed E-state index contributed by atoms with van der Waals surface area (Å²) in [6.07, 6.45) is -4.70. The fourth-order valence-corrected chi connectivity index (χ4v) is 1.28. The summed E-state index contributed by atoms with van der Waals surface area (Å²) in [5.74, 6) is -0.468. The van der Waals surface area contributed by atoms with E-state index in [9.17, 15) is 18.0 Å². The Bertz CT molecular complexity index is 418. The summed E-state index contributed by atoms with van der Waals surface area (Å²) < 4.78 is 39.6. The first-order valence-electron chi connectivity index (χ1n) is 5.61. The Morgan fingerprint density at radius 3 is 2.37 bits per heavy atom. The Balaban J connectivity index is 2.51. The van der Waals surface area contributed by atoms with Crippen molar-refractivity contribution in [2.45, 2.75) is 25.9 Å². The molecule has 0 saturated heterocycles. The molecule has 1 aromatic carbocycles. The topological polar surface area (TPSA) is 50.4 Å². The van der Waals surface area contributed by atoms with Gasteiger partial charge in [0.05, 0.1) is 6.04 Å². The predicted molar refractivity (Wildman–Crippen MR) is 63.5 cm³/mol. The molecule has 2 N–H and O–H groups in total. The van der Waals surface area contributed by atoms with Crippen molar-refractivity contribution in [3.05, 3.63) is 29.8 Å². The molecule has 0 bridgehead atoms. The number of benzene rings is 1. The first-order chi connectivity index (χ1) is 8.81. The van der Waals surface area contributed by atoms with Gasteiger partial charge < -0.3 is 15.4 Å². The summed E-state index contributed by atoms with van der Waals surface area (Å²) in [6, 6.07) is 5.01. The van der Waals surface area contributed by atoms with Crippen LogP contribution in [0.1, 0.15) is 12.5 Å². The standard InChI is InChI=1S/C12H15F3N2O2/c1-8(16-2)11(18)17-7-9-3-5-10(6-4-9)19-12(13,14)15/h3-6,8,16H,7H2,1-2H3,(H,17,18). The number of alkyl halides is 3. The summed E-state index contributed by atoms with van der Waals surface area (Å²) in [7, 11) is 1.66. The lowest BCUT2D eigenvalue weighted by Gasteiger charge is -2.12. The largest absolute Gasteiger partial charge is 0.573 e. The van der Waals surface area contributed by atoms with Crippen LogP contribution < -0.4 is 15.4 Å². The molecule has 1 aromatic rings. The molecule has 0 aliphatic carbocycles. The van der Waals surface area contributed by atoms with Crippen LogP contribution in [0.5, 0.6) is 5.75 Å². The molecule has 1 unspecified atom stereocenters. The van der Waals surface area contributed by atoms with Crippen molar-refractivity contribution < 1.29 is 22.7 Å². The van der Waals surface area contributed by atoms with Crippen LogP contribution >= 0.6 is 0 Å². The smallest absolute Gasteiger partial charge is 0.406 e. The van der Waals surface area contributed by atoms with Crippen molar-refractivity contribution in [3.63, 3.8) is 0 Å². The van der Waals surface area contributed by atoms with E-state index in [-0.39, 0.29) is 24.2 Å². The second kappa shape index (κ2) is 6.42. The molecule has 0 aromatic heterocycles. The SMILES string of the molecule is CNC(C)C(=O)NCc1ccc(OC(F)(F)F)cc1. The Hall–Kier alpha value is -1.76. The highest BCUT2D eigenvalue weighted by Crippen LogP contribution is 2.22. The number of amides is 1. The third-order valence-electron chi connectivity index (χ3n) is 2.45. The fraction of sp³-hybridized carbons (Fsp3) is 0.417. The molecule has 1 atom stereocenters. The lowest BCUT2D eigenvalue weighted by atomic mass is 10.2. The Morgan fingerprint density at radius 2 is 1.89 bits per heavy atom. The van der Waals surface area contributed by atoms with Gasteiger partial charge in [-0.3, -0.25) is 4.79 Å². The number of halogens is 3. The molecule has 0 aliphatic rings. The number of carbonyl (C=O) groups excluding carboxylic acids is 1. The number of hydrogen-bond donors (Lipinski definition) is 2. The highest BCUT2D eigenvalue weighted by Gasteiger charge is 2.30. The van der Waals surface area contributed by atoms with Gasteiger partial charge >= 0.3 is 6.36 Å². The van der Waals surface area contributed by atoms with Crippen LogP contribution in [-0.2, 0) is 11.3 Å². The number of rotatable bonds is 5. The number of nitrogens with one attached hydrogen (secondary N) is 2. The van der Waals surface area contributed by atoms with Crippen molar-refractivity contribution in [2.75, 3.05) is 7.05 Å². The first kappa shape index (κ1) is 15.3. The zero-order chi connectivity index (χ0) is 14.5. The third-order valence-corrected chi connectivity index (χ3v) is 2.45. The lowest BCUT2D eigenvalue weighted by molar-refractivity contribution is -0.274. The van der Waals surface area contributed by atoms with Crippen LogP contribution in [0.3, 0.4) is 0 Å². The second-order valence-corrected chi connectivity index (χ2v) is 3.92. The monoisotopic (exact) mass is 276 g/mol. The zero-order valence-corrected chi connectivity index (χ0v) is 10.5. The molecular formula is C12H15F3N2O2. The van der Waals surface area contributed by atoms with Crippen LogP contribution in [-0.4, -0.2) is 25.4 Å². The van der Waals surface area contributed by atoms with Crippen molar-refractivity contribution >= 4 is 5.91 Å². The van der Waals surface area contributed by atoms with Crippen molar-refractivity contribution in [2.24, 2.45) is 0 Å². The van der Waals surface area contributed by atoms with E-state index in [0.717, 1.165) is 0 Å². The van der Waals surface area contributed by atoms with Crippen LogP contribution in [0.25, 0.3) is 0 Å². The van der Waals surface area contributed by atoms with E-state index in [1.165, 1.54) is 24.3 Å². The molecule has 0 radical (unpaired) electrons. The van der Waals surface area contributed by atoms with Crippen molar-refractivity contribution in [1.29, 1.82) is 0 Å². The van der Waals surface area contributed by atoms with Gasteiger partial charge in [-0.25, -0.2) is 0 Å². The summed E-state index contributed by atoms with van der Waals surface area (Å²) in [4.78, 5) is 11.5. The molecule has 1 amide bonds. The van der Waals surface area contributed by atoms with Gasteiger partial charge in [-0.05, 0) is 31.7 Å². The molecule has 7 heteroatoms. The van der Waals surface area contributed by atoms with E-state index in [1.54, 1.807) is 14.0 Å². The van der Waals surface area contributed by atoms with Gasteiger partial charge in [-0.1, -0.05) is 12.1 Å². The van der Waals surface area contributed by atoms with E-state index in [1.807, 2.05) is 0 Å². The van der Waals surface area contributed by atoms with E-state index in [2.05, 4.69) is 15.4 Å². The first-order valence-corrected chi connectivity index (χ1v) is 5.61. The molecule has 0 heterocycles. The van der Waals surface area contributed by atoms with Gasteiger partial charge in [-0.15, -0.1) is 13.2 Å². The van der Waals surface area contributed by atoms with E-state index in [0.29, 0.717) is 5.56 Å². The summed E-state index contributed by atoms with van der Waals surface area (Å²) in [5, 5.41) is 5.43. The average molecular weight is 276 g/mol. The quantitative estimate of drug-likeness (QED) is 0.862. The highest BCUT2D eigenvalue weighted by atomic mass is 19.4. The van der Waals surface area contributed by atoms with Gasteiger partial charge in [-0.2, -0.15) is 0 Å². The van der Waals surface area contributed by atoms with Crippen molar-refractivity contribution in [1.82, 2.24) is 10.6 Å². The Labute approximate surface area is 108 Å². The summed E-state index contributed by atoms with van der Waals surface area (Å²) in [5.41, 5.74) is 0.686. The molecule has 0 aliphatic heterocycles. The van der Waals surface area contributed by atoms with Crippen LogP contribution in [0.4, 0.5) is 13.2 Å². The van der Waals surface area contributed by atoms with E-state index < -0.39 is 6.36 Å². The van der Waals surface area contributed by atoms with Gasteiger partial charge in [0.2, 0.25) is 5.91 Å². The number of carbonyl (C=O) groups is 1. The molecule has 1 rings (SSSR count). The summed E-state index contributed by atoms with van der Waals surface area (Å²) in [6.45, 7) is 1.95. The Morgan fingerprint density at radius 1 is 1.32 bits per heavy atom. The molecular weight excluding hydrogens is 261 g/mol. The number of ether oxygens (including phenoxy) is 1. The zero-order valence-electron chi connectivity index (χ0n) is 10.5. The maximum atomic E-state index is 11.9. The van der Waals surface area contributed by atoms with Crippen LogP contribution in [0.2, 0.25) is 0 Å². The average Bonchev–Trinajstić information content (AvgIpc) is 2.34. The number of hydrogen-bond acceptors (Lipinski definition) is 3. The minimum atomic E-state index is -4.70. The summed E-state index contributed by atoms with van der Waals surface area (Å²) >= 11 is 0. The molecule has 106 valence electrons. The third kappa shape index (κ3) is 5.60. The lowest BCUT2D eigenvalue weighted by Crippen LogP contribution is -2.39. The van der Waals surface area contributed by atoms with Gasteiger partial charge in [0, 0.05) is 6.54 Å². The number of likely N-dealkylation sites (N-methyl/N-ethyl adjacent to an activating group) is 1. The van der Waals surface area contributed by atoms with Gasteiger partial charge in [0.1, 0.15) is 5.75 Å². The maximum absolute atomic E-state index is 11.9. The van der Waals surface area contributed by atoms with E-state index >= 15 is 0 Å². The van der Waals surface area contributed by atoms with Gasteiger partial charge in [0.25, 0.3) is 0 Å². The highest BCUT2D eigenvalue weighted by molar-refractivity contribution is 5.81. The Kier molecular flexibility index (Phi) is 5.17. The molecule has 19 heavy (non-hydrogen) atoms. The minimum absolute atomic E-state index is 0.182. The molecule has 0 saturated carbocycles. The normalized spacial score (nSPS) is 12.9. The van der Waals surface area contributed by atoms with E-state index in [4.69, 9.17) is 0 Å². The molecule has 0 fully saturated rings. The van der Waals surface area contributed by atoms with Gasteiger partial charge in [0.15, 0.2) is 0 Å². The molecule has 4 nitrogen and oxygen atoms in total. The van der Waals surface area contributed by atoms with Crippen molar-refractivity contribution in [3.8, 4) is 5.75 Å². The maximum Gasteiger partial charge on any atom is 0.573 e. The second-order valence-electron chi connectivity index (χ2n) is 3.92. The predicted octanol–water partition coefficient (Wildman–Crippen LogP) is 1.81. The molecule has 0 spiro atoms. The fourth-order valence-electron chi connectivity index (χ4n) is 1.28. The minimum Gasteiger partial charge on any atom is -0.406 e. The van der Waals surface area contributed by atoms with Crippen LogP contribution in [0, 0.1) is 0 Å². The van der Waals surface area contributed by atoms with Crippen LogP contribution in [0.15, 0.2) is 24.3 Å².